The minimum Gasteiger partial charge on any atom is -0.375 e. The standard InChI is InChI=1S/C16H29NOS/c1-2-13-3-5-16(17,11-13)14-4-8-18-15(12-14)6-9-19-10-7-15/h13-14H,2-12,17H2,1H3. The van der Waals surface area contributed by atoms with Crippen LogP contribution in [-0.4, -0.2) is 29.3 Å². The molecule has 3 rings (SSSR count). The van der Waals surface area contributed by atoms with Crippen molar-refractivity contribution in [3.63, 3.8) is 0 Å². The summed E-state index contributed by atoms with van der Waals surface area (Å²) in [5.41, 5.74) is 7.16. The molecule has 1 saturated carbocycles. The Kier molecular flexibility index (Phi) is 4.17. The first kappa shape index (κ1) is 14.2. The van der Waals surface area contributed by atoms with Crippen molar-refractivity contribution < 1.29 is 4.74 Å². The van der Waals surface area contributed by atoms with E-state index in [0.29, 0.717) is 5.92 Å². The molecule has 2 N–H and O–H groups in total. The molecule has 1 spiro atoms. The summed E-state index contributed by atoms with van der Waals surface area (Å²) in [6.07, 6.45) is 10.1. The molecule has 3 aliphatic rings. The van der Waals surface area contributed by atoms with E-state index in [2.05, 4.69) is 18.7 Å². The van der Waals surface area contributed by atoms with Crippen molar-refractivity contribution in [1.82, 2.24) is 0 Å². The van der Waals surface area contributed by atoms with E-state index >= 15 is 0 Å². The quantitative estimate of drug-likeness (QED) is 0.841. The predicted molar refractivity (Wildman–Crippen MR) is 82.5 cm³/mol. The lowest BCUT2D eigenvalue weighted by Gasteiger charge is -2.48. The fourth-order valence-corrected chi connectivity index (χ4v) is 5.78. The van der Waals surface area contributed by atoms with Gasteiger partial charge in [0.05, 0.1) is 5.60 Å². The third-order valence-electron chi connectivity index (χ3n) is 5.97. The highest BCUT2D eigenvalue weighted by molar-refractivity contribution is 7.99. The molecule has 0 radical (unpaired) electrons. The second-order valence-electron chi connectivity index (χ2n) is 7.08. The number of ether oxygens (including phenoxy) is 1. The molecule has 2 saturated heterocycles. The molecule has 0 aromatic rings. The minimum atomic E-state index is 0.127. The van der Waals surface area contributed by atoms with Crippen LogP contribution in [0.4, 0.5) is 0 Å². The molecule has 3 unspecified atom stereocenters. The van der Waals surface area contributed by atoms with Crippen LogP contribution in [0.5, 0.6) is 0 Å². The van der Waals surface area contributed by atoms with Gasteiger partial charge < -0.3 is 10.5 Å². The third-order valence-corrected chi connectivity index (χ3v) is 6.96. The van der Waals surface area contributed by atoms with Gasteiger partial charge in [-0.05, 0) is 68.3 Å². The van der Waals surface area contributed by atoms with Gasteiger partial charge in [-0.1, -0.05) is 13.3 Å². The van der Waals surface area contributed by atoms with Crippen molar-refractivity contribution >= 4 is 11.8 Å². The molecular weight excluding hydrogens is 254 g/mol. The SMILES string of the molecule is CCC1CCC(N)(C2CCOC3(CCSCC3)C2)C1. The fraction of sp³-hybridized carbons (Fsp3) is 1.00. The lowest BCUT2D eigenvalue weighted by atomic mass is 9.71. The molecule has 2 aliphatic heterocycles. The average molecular weight is 283 g/mol. The summed E-state index contributed by atoms with van der Waals surface area (Å²) in [6.45, 7) is 3.27. The summed E-state index contributed by atoms with van der Waals surface area (Å²) in [4.78, 5) is 0. The zero-order valence-corrected chi connectivity index (χ0v) is 13.1. The van der Waals surface area contributed by atoms with E-state index in [1.807, 2.05) is 0 Å². The van der Waals surface area contributed by atoms with E-state index in [0.717, 1.165) is 12.5 Å². The molecule has 0 bridgehead atoms. The summed E-state index contributed by atoms with van der Waals surface area (Å²) < 4.78 is 6.23. The monoisotopic (exact) mass is 283 g/mol. The zero-order chi connectivity index (χ0) is 13.3. The highest BCUT2D eigenvalue weighted by Gasteiger charge is 2.47. The smallest absolute Gasteiger partial charge is 0.0701 e. The van der Waals surface area contributed by atoms with Gasteiger partial charge in [0.1, 0.15) is 0 Å². The maximum absolute atomic E-state index is 6.83. The van der Waals surface area contributed by atoms with Crippen molar-refractivity contribution in [2.45, 2.75) is 69.4 Å². The highest BCUT2D eigenvalue weighted by atomic mass is 32.2. The minimum absolute atomic E-state index is 0.127. The topological polar surface area (TPSA) is 35.2 Å². The first-order valence-electron chi connectivity index (χ1n) is 8.16. The molecule has 3 atom stereocenters. The number of nitrogens with two attached hydrogens (primary N) is 1. The third kappa shape index (κ3) is 2.84. The van der Waals surface area contributed by atoms with Crippen LogP contribution < -0.4 is 5.73 Å². The van der Waals surface area contributed by atoms with Crippen LogP contribution in [0, 0.1) is 11.8 Å². The average Bonchev–Trinajstić information content (AvgIpc) is 2.83. The molecule has 19 heavy (non-hydrogen) atoms. The van der Waals surface area contributed by atoms with Gasteiger partial charge in [-0.15, -0.1) is 0 Å². The molecule has 3 fully saturated rings. The lowest BCUT2D eigenvalue weighted by molar-refractivity contribution is -0.113. The van der Waals surface area contributed by atoms with Gasteiger partial charge in [0.15, 0.2) is 0 Å². The van der Waals surface area contributed by atoms with E-state index in [4.69, 9.17) is 10.5 Å². The Labute approximate surface area is 122 Å². The second-order valence-corrected chi connectivity index (χ2v) is 8.31. The largest absolute Gasteiger partial charge is 0.375 e. The van der Waals surface area contributed by atoms with E-state index in [9.17, 15) is 0 Å². The van der Waals surface area contributed by atoms with Crippen molar-refractivity contribution in [3.8, 4) is 0 Å². The van der Waals surface area contributed by atoms with Gasteiger partial charge in [0.2, 0.25) is 0 Å². The van der Waals surface area contributed by atoms with E-state index in [1.165, 1.54) is 62.9 Å². The van der Waals surface area contributed by atoms with Crippen LogP contribution in [0.25, 0.3) is 0 Å². The van der Waals surface area contributed by atoms with Gasteiger partial charge in [-0.2, -0.15) is 11.8 Å². The van der Waals surface area contributed by atoms with Crippen LogP contribution in [0.3, 0.4) is 0 Å². The normalized spacial score (nSPS) is 42.6. The molecule has 0 amide bonds. The molecule has 0 aromatic heterocycles. The Bertz CT molecular complexity index is 310. The van der Waals surface area contributed by atoms with Crippen LogP contribution in [0.15, 0.2) is 0 Å². The molecule has 110 valence electrons. The van der Waals surface area contributed by atoms with Gasteiger partial charge in [-0.25, -0.2) is 0 Å². The van der Waals surface area contributed by atoms with Crippen LogP contribution in [0.2, 0.25) is 0 Å². The van der Waals surface area contributed by atoms with Crippen molar-refractivity contribution in [3.05, 3.63) is 0 Å². The maximum Gasteiger partial charge on any atom is 0.0701 e. The second kappa shape index (κ2) is 5.57. The first-order valence-corrected chi connectivity index (χ1v) is 9.32. The first-order chi connectivity index (χ1) is 9.16. The Hall–Kier alpha value is 0.270. The highest BCUT2D eigenvalue weighted by Crippen LogP contribution is 2.48. The van der Waals surface area contributed by atoms with Gasteiger partial charge >= 0.3 is 0 Å². The Balaban J connectivity index is 1.68. The Morgan fingerprint density at radius 3 is 2.63 bits per heavy atom. The molecule has 3 heteroatoms. The summed E-state index contributed by atoms with van der Waals surface area (Å²) in [5.74, 6) is 4.15. The van der Waals surface area contributed by atoms with Gasteiger partial charge in [-0.3, -0.25) is 0 Å². The Morgan fingerprint density at radius 2 is 1.95 bits per heavy atom. The van der Waals surface area contributed by atoms with E-state index in [1.54, 1.807) is 0 Å². The molecular formula is C16H29NOS. The molecule has 2 nitrogen and oxygen atoms in total. The fourth-order valence-electron chi connectivity index (χ4n) is 4.54. The molecule has 2 heterocycles. The van der Waals surface area contributed by atoms with Crippen molar-refractivity contribution in [2.75, 3.05) is 18.1 Å². The van der Waals surface area contributed by atoms with E-state index < -0.39 is 0 Å². The number of hydrogen-bond acceptors (Lipinski definition) is 3. The summed E-state index contributed by atoms with van der Waals surface area (Å²) in [7, 11) is 0. The van der Waals surface area contributed by atoms with Crippen LogP contribution >= 0.6 is 11.8 Å². The van der Waals surface area contributed by atoms with Crippen LogP contribution in [0.1, 0.15) is 58.3 Å². The number of thioether (sulfide) groups is 1. The molecule has 1 aliphatic carbocycles. The maximum atomic E-state index is 6.83. The van der Waals surface area contributed by atoms with Crippen LogP contribution in [-0.2, 0) is 4.74 Å². The van der Waals surface area contributed by atoms with Crippen molar-refractivity contribution in [1.29, 1.82) is 0 Å². The Morgan fingerprint density at radius 1 is 1.16 bits per heavy atom. The number of rotatable bonds is 2. The lowest BCUT2D eigenvalue weighted by Crippen LogP contribution is -2.53. The van der Waals surface area contributed by atoms with Gasteiger partial charge in [0, 0.05) is 12.1 Å². The zero-order valence-electron chi connectivity index (χ0n) is 12.3. The van der Waals surface area contributed by atoms with Crippen molar-refractivity contribution in [2.24, 2.45) is 17.6 Å². The molecule has 0 aromatic carbocycles. The summed E-state index contributed by atoms with van der Waals surface area (Å²) in [5, 5.41) is 0. The predicted octanol–water partition coefficient (Wildman–Crippen LogP) is 3.59. The summed E-state index contributed by atoms with van der Waals surface area (Å²) >= 11 is 2.09. The van der Waals surface area contributed by atoms with Gasteiger partial charge in [0.25, 0.3) is 0 Å². The van der Waals surface area contributed by atoms with E-state index in [-0.39, 0.29) is 11.1 Å². The summed E-state index contributed by atoms with van der Waals surface area (Å²) in [6, 6.07) is 0. The number of hydrogen-bond donors (Lipinski definition) is 1.